The lowest BCUT2D eigenvalue weighted by atomic mass is 10.0. The van der Waals surface area contributed by atoms with Crippen LogP contribution in [0.2, 0.25) is 5.02 Å². The minimum atomic E-state index is -4.54. The lowest BCUT2D eigenvalue weighted by Crippen LogP contribution is -2.29. The van der Waals surface area contributed by atoms with Gasteiger partial charge in [0.05, 0.1) is 17.7 Å². The van der Waals surface area contributed by atoms with Crippen molar-refractivity contribution in [3.8, 4) is 11.1 Å². The summed E-state index contributed by atoms with van der Waals surface area (Å²) in [6.07, 6.45) is -1.57. The normalized spacial score (nSPS) is 15.3. The Kier molecular flexibility index (Phi) is 4.82. The first-order valence-electron chi connectivity index (χ1n) is 8.56. The smallest absolute Gasteiger partial charge is 0.268 e. The van der Waals surface area contributed by atoms with E-state index >= 15 is 0 Å². The second-order valence-electron chi connectivity index (χ2n) is 6.58. The summed E-state index contributed by atoms with van der Waals surface area (Å²) in [6, 6.07) is 10.1. The third-order valence-electron chi connectivity index (χ3n) is 4.69. The number of sulfonamides is 1. The zero-order chi connectivity index (χ0) is 21.7. The van der Waals surface area contributed by atoms with Crippen molar-refractivity contribution < 1.29 is 26.4 Å². The molecule has 2 heterocycles. The number of pyridine rings is 1. The van der Waals surface area contributed by atoms with Crippen LogP contribution < -0.4 is 0 Å². The Morgan fingerprint density at radius 2 is 1.67 bits per heavy atom. The van der Waals surface area contributed by atoms with Gasteiger partial charge in [-0.1, -0.05) is 23.7 Å². The minimum Gasteiger partial charge on any atom is -0.268 e. The lowest BCUT2D eigenvalue weighted by molar-refractivity contribution is -0.137. The van der Waals surface area contributed by atoms with Crippen LogP contribution in [0.1, 0.15) is 21.5 Å². The highest BCUT2D eigenvalue weighted by Crippen LogP contribution is 2.38. The van der Waals surface area contributed by atoms with Gasteiger partial charge in [-0.2, -0.15) is 13.2 Å². The van der Waals surface area contributed by atoms with E-state index in [4.69, 9.17) is 11.6 Å². The van der Waals surface area contributed by atoms with Crippen LogP contribution in [0.4, 0.5) is 13.2 Å². The van der Waals surface area contributed by atoms with Gasteiger partial charge in [-0.15, -0.1) is 0 Å². The summed E-state index contributed by atoms with van der Waals surface area (Å²) < 4.78 is 65.0. The van der Waals surface area contributed by atoms with E-state index in [0.717, 1.165) is 16.4 Å². The summed E-state index contributed by atoms with van der Waals surface area (Å²) >= 11 is 6.03. The van der Waals surface area contributed by atoms with Gasteiger partial charge in [-0.3, -0.25) is 9.78 Å². The molecule has 0 saturated heterocycles. The van der Waals surface area contributed by atoms with Crippen molar-refractivity contribution in [2.45, 2.75) is 17.6 Å². The van der Waals surface area contributed by atoms with E-state index in [-0.39, 0.29) is 27.6 Å². The van der Waals surface area contributed by atoms with Gasteiger partial charge in [0.2, 0.25) is 0 Å². The maximum absolute atomic E-state index is 12.9. The number of carbonyl (C=O) groups is 1. The Hall–Kier alpha value is -2.91. The van der Waals surface area contributed by atoms with Gasteiger partial charge in [-0.25, -0.2) is 12.7 Å². The van der Waals surface area contributed by atoms with Gasteiger partial charge < -0.3 is 0 Å². The van der Waals surface area contributed by atoms with Crippen molar-refractivity contribution in [3.05, 3.63) is 82.6 Å². The van der Waals surface area contributed by atoms with Gasteiger partial charge in [0, 0.05) is 23.0 Å². The number of hydrogen-bond acceptors (Lipinski definition) is 4. The lowest BCUT2D eigenvalue weighted by Gasteiger charge is -2.14. The molecule has 0 unspecified atom stereocenters. The number of amides is 1. The third kappa shape index (κ3) is 3.44. The van der Waals surface area contributed by atoms with Gasteiger partial charge >= 0.3 is 6.18 Å². The molecule has 0 bridgehead atoms. The molecule has 0 saturated carbocycles. The summed E-state index contributed by atoms with van der Waals surface area (Å²) in [4.78, 5) is 16.5. The van der Waals surface area contributed by atoms with Gasteiger partial charge in [-0.05, 0) is 47.5 Å². The van der Waals surface area contributed by atoms with Crippen molar-refractivity contribution in [1.82, 2.24) is 9.29 Å². The highest BCUT2D eigenvalue weighted by Gasteiger charge is 2.41. The topological polar surface area (TPSA) is 67.3 Å². The molecule has 1 aliphatic rings. The maximum Gasteiger partial charge on any atom is 0.416 e. The van der Waals surface area contributed by atoms with Crippen molar-refractivity contribution >= 4 is 27.5 Å². The van der Waals surface area contributed by atoms with Gasteiger partial charge in [0.1, 0.15) is 4.90 Å². The molecule has 5 nitrogen and oxygen atoms in total. The molecule has 0 radical (unpaired) electrons. The number of alkyl halides is 3. The standard InChI is InChI=1S/C20H12ClF3N2O3S/c21-17-10-14(20(22,23)24)2-3-15(17)13-1-4-18-16(9-13)19(27)26(30(18,28)29)11-12-5-7-25-8-6-12/h1-10H,11H2. The predicted molar refractivity (Wildman–Crippen MR) is 103 cm³/mol. The van der Waals surface area contributed by atoms with Crippen LogP contribution in [-0.4, -0.2) is 23.6 Å². The van der Waals surface area contributed by atoms with E-state index in [1.54, 1.807) is 12.1 Å². The second kappa shape index (κ2) is 7.10. The fourth-order valence-electron chi connectivity index (χ4n) is 3.19. The quantitative estimate of drug-likeness (QED) is 0.574. The van der Waals surface area contributed by atoms with E-state index in [9.17, 15) is 26.4 Å². The van der Waals surface area contributed by atoms with Crippen LogP contribution in [0.5, 0.6) is 0 Å². The molecule has 0 N–H and O–H groups in total. The number of aromatic nitrogens is 1. The molecular weight excluding hydrogens is 441 g/mol. The predicted octanol–water partition coefficient (Wildman–Crippen LogP) is 4.77. The Labute approximate surface area is 174 Å². The number of rotatable bonds is 3. The molecule has 3 aromatic rings. The third-order valence-corrected chi connectivity index (χ3v) is 6.79. The minimum absolute atomic E-state index is 0.0579. The number of halogens is 4. The second-order valence-corrected chi connectivity index (χ2v) is 8.81. The Morgan fingerprint density at radius 1 is 0.967 bits per heavy atom. The average molecular weight is 453 g/mol. The van der Waals surface area contributed by atoms with E-state index in [1.807, 2.05) is 0 Å². The zero-order valence-corrected chi connectivity index (χ0v) is 16.6. The first-order valence-corrected chi connectivity index (χ1v) is 10.4. The number of benzene rings is 2. The molecule has 0 fully saturated rings. The van der Waals surface area contributed by atoms with Crippen LogP contribution >= 0.6 is 11.6 Å². The highest BCUT2D eigenvalue weighted by atomic mass is 35.5. The van der Waals surface area contributed by atoms with Crippen LogP contribution in [0.3, 0.4) is 0 Å². The average Bonchev–Trinajstić information content (AvgIpc) is 2.88. The molecule has 2 aromatic carbocycles. The molecule has 0 spiro atoms. The molecular formula is C20H12ClF3N2O3S. The van der Waals surface area contributed by atoms with E-state index in [0.29, 0.717) is 11.1 Å². The van der Waals surface area contributed by atoms with E-state index < -0.39 is 27.7 Å². The van der Waals surface area contributed by atoms with E-state index in [2.05, 4.69) is 4.98 Å². The van der Waals surface area contributed by atoms with Crippen LogP contribution in [-0.2, 0) is 22.7 Å². The fraction of sp³-hybridized carbons (Fsp3) is 0.100. The number of hydrogen-bond donors (Lipinski definition) is 0. The Morgan fingerprint density at radius 3 is 2.30 bits per heavy atom. The fourth-order valence-corrected chi connectivity index (χ4v) is 5.02. The molecule has 4 rings (SSSR count). The molecule has 1 aliphatic heterocycles. The summed E-state index contributed by atoms with van der Waals surface area (Å²) in [6.45, 7) is -0.158. The molecule has 154 valence electrons. The Balaban J connectivity index is 1.73. The zero-order valence-electron chi connectivity index (χ0n) is 15.0. The van der Waals surface area contributed by atoms with Crippen molar-refractivity contribution in [1.29, 1.82) is 0 Å². The highest BCUT2D eigenvalue weighted by molar-refractivity contribution is 7.90. The van der Waals surface area contributed by atoms with Crippen molar-refractivity contribution in [2.24, 2.45) is 0 Å². The summed E-state index contributed by atoms with van der Waals surface area (Å²) in [5.74, 6) is -0.716. The molecule has 10 heteroatoms. The van der Waals surface area contributed by atoms with Gasteiger partial charge in [0.15, 0.2) is 0 Å². The number of nitrogens with zero attached hydrogens (tertiary/aromatic N) is 2. The number of fused-ring (bicyclic) bond motifs is 1. The first-order chi connectivity index (χ1) is 14.1. The Bertz CT molecular complexity index is 1260. The molecule has 1 amide bonds. The van der Waals surface area contributed by atoms with E-state index in [1.165, 1.54) is 36.7 Å². The first kappa shape index (κ1) is 20.4. The largest absolute Gasteiger partial charge is 0.416 e. The SMILES string of the molecule is O=C1c2cc(-c3ccc(C(F)(F)F)cc3Cl)ccc2S(=O)(=O)N1Cc1ccncc1. The molecule has 0 atom stereocenters. The van der Waals surface area contributed by atoms with Crippen LogP contribution in [0.15, 0.2) is 65.8 Å². The maximum atomic E-state index is 12.9. The van der Waals surface area contributed by atoms with Gasteiger partial charge in [0.25, 0.3) is 15.9 Å². The van der Waals surface area contributed by atoms with Crippen LogP contribution in [0, 0.1) is 0 Å². The molecule has 0 aliphatic carbocycles. The number of carbonyl (C=O) groups excluding carboxylic acids is 1. The van der Waals surface area contributed by atoms with Crippen molar-refractivity contribution in [3.63, 3.8) is 0 Å². The molecule has 30 heavy (non-hydrogen) atoms. The van der Waals surface area contributed by atoms with Crippen molar-refractivity contribution in [2.75, 3.05) is 0 Å². The van der Waals surface area contributed by atoms with Crippen LogP contribution in [0.25, 0.3) is 11.1 Å². The molecule has 1 aromatic heterocycles. The summed E-state index contributed by atoms with van der Waals surface area (Å²) in [5, 5.41) is -0.160. The summed E-state index contributed by atoms with van der Waals surface area (Å²) in [7, 11) is -4.05. The summed E-state index contributed by atoms with van der Waals surface area (Å²) in [5.41, 5.74) is 0.213. The monoisotopic (exact) mass is 452 g/mol.